The summed E-state index contributed by atoms with van der Waals surface area (Å²) in [6.45, 7) is 10.4. The number of aryl methyl sites for hydroxylation is 1. The van der Waals surface area contributed by atoms with Gasteiger partial charge in [0.25, 0.3) is 0 Å². The number of benzene rings is 2. The van der Waals surface area contributed by atoms with Crippen LogP contribution in [0.5, 0.6) is 0 Å². The Morgan fingerprint density at radius 1 is 1.00 bits per heavy atom. The molecular weight excluding hydrogens is 354 g/mol. The van der Waals surface area contributed by atoms with E-state index in [0.717, 1.165) is 38.2 Å². The van der Waals surface area contributed by atoms with Crippen molar-refractivity contribution >= 4 is 0 Å². The first-order valence-electron chi connectivity index (χ1n) is 10.4. The molecule has 0 atom stereocenters. The number of aromatic nitrogens is 1. The van der Waals surface area contributed by atoms with Crippen LogP contribution in [-0.4, -0.2) is 16.0 Å². The molecule has 0 N–H and O–H groups in total. The Kier molecular flexibility index (Phi) is 7.27. The number of hydrogen-bond acceptors (Lipinski definition) is 2. The van der Waals surface area contributed by atoms with E-state index >= 15 is 0 Å². The first-order chi connectivity index (χ1) is 14.0. The molecule has 0 saturated heterocycles. The number of hydrogen-bond donors (Lipinski definition) is 0. The molecule has 0 radical (unpaired) electrons. The summed E-state index contributed by atoms with van der Waals surface area (Å²) in [5.41, 5.74) is 5.95. The average molecular weight is 386 g/mol. The largest absolute Gasteiger partial charge is 0.346 e. The second-order valence-electron chi connectivity index (χ2n) is 8.26. The van der Waals surface area contributed by atoms with Gasteiger partial charge in [0, 0.05) is 31.5 Å². The van der Waals surface area contributed by atoms with Crippen molar-refractivity contribution in [3.8, 4) is 6.07 Å². The predicted molar refractivity (Wildman–Crippen MR) is 119 cm³/mol. The standard InChI is InChI=1S/C26H31N3/c1-21(2)13-15-28(18-24-10-6-9-23(16-24)17-27)20-26-12-7-14-29(26)19-25-11-5-4-8-22(25)3/h4-12,14,16,21H,13,15,18-20H2,1-3H3. The second-order valence-corrected chi connectivity index (χ2v) is 8.26. The highest BCUT2D eigenvalue weighted by Gasteiger charge is 2.12. The van der Waals surface area contributed by atoms with Crippen LogP contribution in [0.3, 0.4) is 0 Å². The summed E-state index contributed by atoms with van der Waals surface area (Å²) >= 11 is 0. The first-order valence-corrected chi connectivity index (χ1v) is 10.4. The summed E-state index contributed by atoms with van der Waals surface area (Å²) in [6, 6.07) is 23.2. The first kappa shape index (κ1) is 20.9. The van der Waals surface area contributed by atoms with Gasteiger partial charge in [0.15, 0.2) is 0 Å². The Balaban J connectivity index is 1.76. The van der Waals surface area contributed by atoms with Crippen molar-refractivity contribution in [1.29, 1.82) is 5.26 Å². The van der Waals surface area contributed by atoms with Gasteiger partial charge in [0.1, 0.15) is 0 Å². The molecule has 1 aromatic heterocycles. The molecule has 0 aliphatic heterocycles. The highest BCUT2D eigenvalue weighted by atomic mass is 15.1. The number of nitrogens with zero attached hydrogens (tertiary/aromatic N) is 3. The Morgan fingerprint density at radius 3 is 2.59 bits per heavy atom. The van der Waals surface area contributed by atoms with E-state index in [9.17, 15) is 5.26 Å². The molecule has 0 amide bonds. The molecule has 0 saturated carbocycles. The smallest absolute Gasteiger partial charge is 0.0991 e. The lowest BCUT2D eigenvalue weighted by molar-refractivity contribution is 0.235. The van der Waals surface area contributed by atoms with E-state index in [0.29, 0.717) is 5.92 Å². The Bertz CT molecular complexity index is 962. The van der Waals surface area contributed by atoms with Crippen LogP contribution in [0.1, 0.15) is 48.2 Å². The van der Waals surface area contributed by atoms with Crippen LogP contribution in [0.4, 0.5) is 0 Å². The zero-order valence-electron chi connectivity index (χ0n) is 17.8. The molecule has 0 unspecified atom stereocenters. The van der Waals surface area contributed by atoms with Gasteiger partial charge in [0.05, 0.1) is 11.6 Å². The lowest BCUT2D eigenvalue weighted by Crippen LogP contribution is -2.26. The number of rotatable bonds is 9. The average Bonchev–Trinajstić information content (AvgIpc) is 3.14. The molecule has 2 aromatic carbocycles. The van der Waals surface area contributed by atoms with Crippen molar-refractivity contribution in [2.75, 3.05) is 6.54 Å². The fourth-order valence-corrected chi connectivity index (χ4v) is 3.60. The quantitative estimate of drug-likeness (QED) is 0.469. The van der Waals surface area contributed by atoms with Crippen molar-refractivity contribution in [3.05, 3.63) is 94.8 Å². The second kappa shape index (κ2) is 10.1. The van der Waals surface area contributed by atoms with E-state index < -0.39 is 0 Å². The zero-order valence-corrected chi connectivity index (χ0v) is 17.8. The van der Waals surface area contributed by atoms with E-state index in [2.05, 4.69) is 85.0 Å². The Morgan fingerprint density at radius 2 is 1.83 bits per heavy atom. The van der Waals surface area contributed by atoms with Crippen LogP contribution in [0.25, 0.3) is 0 Å². The Hall–Kier alpha value is -2.83. The fourth-order valence-electron chi connectivity index (χ4n) is 3.60. The minimum atomic E-state index is 0.668. The van der Waals surface area contributed by atoms with Gasteiger partial charge in [-0.1, -0.05) is 50.2 Å². The highest BCUT2D eigenvalue weighted by molar-refractivity contribution is 5.32. The van der Waals surface area contributed by atoms with Gasteiger partial charge in [-0.3, -0.25) is 4.90 Å². The third kappa shape index (κ3) is 6.07. The molecule has 3 rings (SSSR count). The van der Waals surface area contributed by atoms with Crippen molar-refractivity contribution in [3.63, 3.8) is 0 Å². The zero-order chi connectivity index (χ0) is 20.6. The highest BCUT2D eigenvalue weighted by Crippen LogP contribution is 2.17. The van der Waals surface area contributed by atoms with Gasteiger partial charge in [-0.15, -0.1) is 0 Å². The predicted octanol–water partition coefficient (Wildman–Crippen LogP) is 5.76. The van der Waals surface area contributed by atoms with E-state index in [4.69, 9.17) is 0 Å². The maximum atomic E-state index is 9.21. The molecule has 150 valence electrons. The van der Waals surface area contributed by atoms with Gasteiger partial charge < -0.3 is 4.57 Å². The van der Waals surface area contributed by atoms with Crippen LogP contribution < -0.4 is 0 Å². The minimum Gasteiger partial charge on any atom is -0.346 e. The number of nitriles is 1. The topological polar surface area (TPSA) is 32.0 Å². The molecular formula is C26H31N3. The van der Waals surface area contributed by atoms with Crippen molar-refractivity contribution < 1.29 is 0 Å². The fraction of sp³-hybridized carbons (Fsp3) is 0.346. The molecule has 3 aromatic rings. The summed E-state index contributed by atoms with van der Waals surface area (Å²) in [7, 11) is 0. The third-order valence-corrected chi connectivity index (χ3v) is 5.40. The van der Waals surface area contributed by atoms with Crippen LogP contribution in [-0.2, 0) is 19.6 Å². The summed E-state index contributed by atoms with van der Waals surface area (Å²) in [6.07, 6.45) is 3.34. The molecule has 0 spiro atoms. The molecule has 29 heavy (non-hydrogen) atoms. The summed E-state index contributed by atoms with van der Waals surface area (Å²) in [5, 5.41) is 9.21. The maximum Gasteiger partial charge on any atom is 0.0991 e. The molecule has 3 heteroatoms. The van der Waals surface area contributed by atoms with Gasteiger partial charge >= 0.3 is 0 Å². The normalized spacial score (nSPS) is 11.2. The van der Waals surface area contributed by atoms with Crippen molar-refractivity contribution in [2.24, 2.45) is 5.92 Å². The van der Waals surface area contributed by atoms with Crippen molar-refractivity contribution in [2.45, 2.75) is 46.8 Å². The molecule has 0 aliphatic carbocycles. The maximum absolute atomic E-state index is 9.21. The van der Waals surface area contributed by atoms with E-state index in [1.165, 1.54) is 22.4 Å². The molecule has 0 fully saturated rings. The van der Waals surface area contributed by atoms with Crippen molar-refractivity contribution in [1.82, 2.24) is 9.47 Å². The Labute approximate surface area is 175 Å². The molecule has 0 bridgehead atoms. The monoisotopic (exact) mass is 385 g/mol. The summed E-state index contributed by atoms with van der Waals surface area (Å²) < 4.78 is 2.36. The van der Waals surface area contributed by atoms with Crippen LogP contribution in [0.15, 0.2) is 66.9 Å². The van der Waals surface area contributed by atoms with Gasteiger partial charge in [0.2, 0.25) is 0 Å². The summed E-state index contributed by atoms with van der Waals surface area (Å²) in [4.78, 5) is 2.50. The lowest BCUT2D eigenvalue weighted by Gasteiger charge is -2.24. The summed E-state index contributed by atoms with van der Waals surface area (Å²) in [5.74, 6) is 0.668. The van der Waals surface area contributed by atoms with Gasteiger partial charge in [-0.25, -0.2) is 0 Å². The van der Waals surface area contributed by atoms with E-state index in [1.54, 1.807) is 0 Å². The lowest BCUT2D eigenvalue weighted by atomic mass is 10.1. The van der Waals surface area contributed by atoms with Crippen LogP contribution in [0, 0.1) is 24.2 Å². The van der Waals surface area contributed by atoms with Crippen LogP contribution >= 0.6 is 0 Å². The molecule has 0 aliphatic rings. The van der Waals surface area contributed by atoms with Gasteiger partial charge in [-0.05, 0) is 66.8 Å². The SMILES string of the molecule is Cc1ccccc1Cn1cccc1CN(CCC(C)C)Cc1cccc(C#N)c1. The van der Waals surface area contributed by atoms with Crippen LogP contribution in [0.2, 0.25) is 0 Å². The molecule has 1 heterocycles. The third-order valence-electron chi connectivity index (χ3n) is 5.40. The minimum absolute atomic E-state index is 0.668. The van der Waals surface area contributed by atoms with Gasteiger partial charge in [-0.2, -0.15) is 5.26 Å². The molecule has 3 nitrogen and oxygen atoms in total. The van der Waals surface area contributed by atoms with E-state index in [1.807, 2.05) is 18.2 Å². The van der Waals surface area contributed by atoms with E-state index in [-0.39, 0.29) is 0 Å².